The third-order valence-corrected chi connectivity index (χ3v) is 4.36. The van der Waals surface area contributed by atoms with Gasteiger partial charge in [-0.1, -0.05) is 6.07 Å². The molecule has 5 heteroatoms. The molecule has 116 valence electrons. The molecule has 0 saturated carbocycles. The molecule has 23 heavy (non-hydrogen) atoms. The topological polar surface area (TPSA) is 75.1 Å². The molecule has 2 N–H and O–H groups in total. The molecule has 0 saturated heterocycles. The Morgan fingerprint density at radius 3 is 2.96 bits per heavy atom. The van der Waals surface area contributed by atoms with E-state index in [9.17, 15) is 9.59 Å². The van der Waals surface area contributed by atoms with E-state index in [0.29, 0.717) is 35.4 Å². The molecule has 3 aromatic rings. The lowest BCUT2D eigenvalue weighted by Crippen LogP contribution is -2.13. The van der Waals surface area contributed by atoms with Crippen molar-refractivity contribution in [2.24, 2.45) is 0 Å². The van der Waals surface area contributed by atoms with Crippen LogP contribution in [0.3, 0.4) is 0 Å². The summed E-state index contributed by atoms with van der Waals surface area (Å²) in [6.07, 6.45) is 3.85. The number of benzene rings is 1. The minimum atomic E-state index is -0.321. The number of aryl methyl sites for hydroxylation is 1. The van der Waals surface area contributed by atoms with Gasteiger partial charge in [0.2, 0.25) is 0 Å². The van der Waals surface area contributed by atoms with Crippen molar-refractivity contribution < 1.29 is 14.0 Å². The Bertz CT molecular complexity index is 933. The maximum Gasteiger partial charge on any atom is 0.291 e. The number of fused-ring (bicyclic) bond motifs is 2. The summed E-state index contributed by atoms with van der Waals surface area (Å²) in [4.78, 5) is 27.8. The van der Waals surface area contributed by atoms with E-state index in [1.807, 2.05) is 30.5 Å². The van der Waals surface area contributed by atoms with Crippen molar-refractivity contribution >= 4 is 28.3 Å². The molecule has 0 radical (unpaired) electrons. The van der Waals surface area contributed by atoms with E-state index in [0.717, 1.165) is 17.3 Å². The highest BCUT2D eigenvalue weighted by Gasteiger charge is 2.28. The summed E-state index contributed by atoms with van der Waals surface area (Å²) in [5.41, 5.74) is 2.91. The van der Waals surface area contributed by atoms with Gasteiger partial charge < -0.3 is 14.7 Å². The van der Waals surface area contributed by atoms with Crippen LogP contribution in [0.15, 0.2) is 34.9 Å². The number of amides is 1. The normalized spacial score (nSPS) is 14.0. The molecule has 0 atom stereocenters. The van der Waals surface area contributed by atoms with E-state index in [4.69, 9.17) is 4.42 Å². The summed E-state index contributed by atoms with van der Waals surface area (Å²) in [5, 5.41) is 3.82. The van der Waals surface area contributed by atoms with Crippen LogP contribution in [-0.2, 0) is 6.42 Å². The van der Waals surface area contributed by atoms with E-state index < -0.39 is 0 Å². The quantitative estimate of drug-likeness (QED) is 0.755. The second kappa shape index (κ2) is 5.12. The average molecular weight is 308 g/mol. The average Bonchev–Trinajstić information content (AvgIpc) is 3.13. The first-order valence-electron chi connectivity index (χ1n) is 7.68. The molecule has 0 unspecified atom stereocenters. The zero-order valence-electron chi connectivity index (χ0n) is 12.7. The number of hydrogen-bond acceptors (Lipinski definition) is 3. The number of carbonyl (C=O) groups excluding carboxylic acids is 2. The van der Waals surface area contributed by atoms with E-state index in [1.54, 1.807) is 6.92 Å². The smallest absolute Gasteiger partial charge is 0.291 e. The fraction of sp³-hybridized carbons (Fsp3) is 0.222. The van der Waals surface area contributed by atoms with Crippen LogP contribution >= 0.6 is 0 Å². The highest BCUT2D eigenvalue weighted by molar-refractivity contribution is 6.10. The first kappa shape index (κ1) is 13.8. The van der Waals surface area contributed by atoms with Crippen molar-refractivity contribution in [3.8, 4) is 0 Å². The molecule has 0 spiro atoms. The first-order chi connectivity index (χ1) is 11.1. The summed E-state index contributed by atoms with van der Waals surface area (Å²) in [6, 6.07) is 7.57. The van der Waals surface area contributed by atoms with Gasteiger partial charge in [-0.15, -0.1) is 0 Å². The van der Waals surface area contributed by atoms with Crippen LogP contribution in [0.25, 0.3) is 10.9 Å². The number of H-pyrrole nitrogens is 1. The minimum absolute atomic E-state index is 0.0688. The Morgan fingerprint density at radius 1 is 1.26 bits per heavy atom. The van der Waals surface area contributed by atoms with Gasteiger partial charge in [0, 0.05) is 35.5 Å². The fourth-order valence-electron chi connectivity index (χ4n) is 3.24. The lowest BCUT2D eigenvalue weighted by molar-refractivity contribution is 0.0963. The van der Waals surface area contributed by atoms with Gasteiger partial charge in [-0.05, 0) is 31.5 Å². The predicted octanol–water partition coefficient (Wildman–Crippen LogP) is 3.84. The maximum atomic E-state index is 12.6. The zero-order valence-corrected chi connectivity index (χ0v) is 12.7. The Morgan fingerprint density at radius 2 is 2.13 bits per heavy atom. The lowest BCUT2D eigenvalue weighted by atomic mass is 9.94. The van der Waals surface area contributed by atoms with Gasteiger partial charge in [0.15, 0.2) is 11.5 Å². The van der Waals surface area contributed by atoms with Crippen molar-refractivity contribution in [3.05, 3.63) is 53.1 Å². The molecule has 1 aliphatic rings. The third-order valence-electron chi connectivity index (χ3n) is 4.36. The van der Waals surface area contributed by atoms with E-state index in [-0.39, 0.29) is 17.5 Å². The van der Waals surface area contributed by atoms with Crippen LogP contribution in [-0.4, -0.2) is 16.7 Å². The number of furan rings is 1. The van der Waals surface area contributed by atoms with Gasteiger partial charge in [-0.25, -0.2) is 0 Å². The molecular weight excluding hydrogens is 292 g/mol. The van der Waals surface area contributed by atoms with Crippen molar-refractivity contribution in [1.29, 1.82) is 0 Å². The molecule has 0 aliphatic heterocycles. The number of rotatable bonds is 2. The maximum absolute atomic E-state index is 12.6. The highest BCUT2D eigenvalue weighted by Crippen LogP contribution is 2.30. The van der Waals surface area contributed by atoms with Gasteiger partial charge in [-0.2, -0.15) is 0 Å². The minimum Gasteiger partial charge on any atom is -0.455 e. The number of Topliss-reactive ketones (excluding diaryl/α,β-unsaturated/α-hetero) is 1. The SMILES string of the molecule is Cc1c(C(=O)Nc2cccc3[nH]ccc23)oc2c1C(=O)CCC2. The van der Waals surface area contributed by atoms with Gasteiger partial charge >= 0.3 is 0 Å². The Hall–Kier alpha value is -2.82. The molecule has 4 rings (SSSR count). The lowest BCUT2D eigenvalue weighted by Gasteiger charge is -2.07. The molecule has 1 aromatic carbocycles. The van der Waals surface area contributed by atoms with Crippen molar-refractivity contribution in [1.82, 2.24) is 4.98 Å². The highest BCUT2D eigenvalue weighted by atomic mass is 16.4. The number of aromatic nitrogens is 1. The first-order valence-corrected chi connectivity index (χ1v) is 7.68. The second-order valence-electron chi connectivity index (χ2n) is 5.83. The summed E-state index contributed by atoms with van der Waals surface area (Å²) in [5.74, 6) is 0.624. The van der Waals surface area contributed by atoms with Crippen LogP contribution in [0.4, 0.5) is 5.69 Å². The van der Waals surface area contributed by atoms with Crippen LogP contribution in [0, 0.1) is 6.92 Å². The van der Waals surface area contributed by atoms with Gasteiger partial charge in [0.25, 0.3) is 5.91 Å². The molecule has 0 bridgehead atoms. The summed E-state index contributed by atoms with van der Waals surface area (Å²) in [7, 11) is 0. The van der Waals surface area contributed by atoms with E-state index in [1.165, 1.54) is 0 Å². The van der Waals surface area contributed by atoms with Crippen LogP contribution < -0.4 is 5.32 Å². The Balaban J connectivity index is 1.70. The second-order valence-corrected chi connectivity index (χ2v) is 5.83. The van der Waals surface area contributed by atoms with Crippen molar-refractivity contribution in [2.75, 3.05) is 5.32 Å². The predicted molar refractivity (Wildman–Crippen MR) is 87.0 cm³/mol. The molecule has 0 fully saturated rings. The number of ketones is 1. The Kier molecular flexibility index (Phi) is 3.08. The summed E-state index contributed by atoms with van der Waals surface area (Å²) in [6.45, 7) is 1.78. The fourth-order valence-corrected chi connectivity index (χ4v) is 3.24. The van der Waals surface area contributed by atoms with Gasteiger partial charge in [0.1, 0.15) is 5.76 Å². The standard InChI is InChI=1S/C18H16N2O3/c1-10-16-14(21)6-3-7-15(16)23-17(10)18(22)20-13-5-2-4-12-11(13)8-9-19-12/h2,4-5,8-9,19H,3,6-7H2,1H3,(H,20,22). The summed E-state index contributed by atoms with van der Waals surface area (Å²) < 4.78 is 5.69. The number of aromatic amines is 1. The molecule has 2 heterocycles. The van der Waals surface area contributed by atoms with Crippen molar-refractivity contribution in [3.63, 3.8) is 0 Å². The number of hydrogen-bond donors (Lipinski definition) is 2. The van der Waals surface area contributed by atoms with Gasteiger partial charge in [-0.3, -0.25) is 9.59 Å². The summed E-state index contributed by atoms with van der Waals surface area (Å²) >= 11 is 0. The van der Waals surface area contributed by atoms with E-state index in [2.05, 4.69) is 10.3 Å². The third kappa shape index (κ3) is 2.16. The van der Waals surface area contributed by atoms with Crippen LogP contribution in [0.5, 0.6) is 0 Å². The largest absolute Gasteiger partial charge is 0.455 e. The molecule has 1 aliphatic carbocycles. The van der Waals surface area contributed by atoms with Gasteiger partial charge in [0.05, 0.1) is 11.3 Å². The zero-order chi connectivity index (χ0) is 16.0. The molecule has 2 aromatic heterocycles. The van der Waals surface area contributed by atoms with Crippen molar-refractivity contribution in [2.45, 2.75) is 26.2 Å². The molecular formula is C18H16N2O3. The molecule has 1 amide bonds. The number of carbonyl (C=O) groups is 2. The van der Waals surface area contributed by atoms with Crippen LogP contribution in [0.1, 0.15) is 45.1 Å². The number of anilines is 1. The monoisotopic (exact) mass is 308 g/mol. The number of nitrogens with one attached hydrogen (secondary N) is 2. The van der Waals surface area contributed by atoms with Crippen LogP contribution in [0.2, 0.25) is 0 Å². The molecule has 5 nitrogen and oxygen atoms in total. The van der Waals surface area contributed by atoms with E-state index >= 15 is 0 Å². The Labute approximate surface area is 132 Å².